The van der Waals surface area contributed by atoms with Gasteiger partial charge in [-0.25, -0.2) is 14.6 Å². The maximum atomic E-state index is 13.3. The van der Waals surface area contributed by atoms with Crippen LogP contribution in [0, 0.1) is 5.82 Å². The molecule has 9 heteroatoms. The van der Waals surface area contributed by atoms with Gasteiger partial charge < -0.3 is 14.2 Å². The number of nitrogens with zero attached hydrogens (tertiary/aromatic N) is 1. The van der Waals surface area contributed by atoms with Gasteiger partial charge in [-0.2, -0.15) is 5.10 Å². The molecule has 7 nitrogen and oxygen atoms in total. The highest BCUT2D eigenvalue weighted by Crippen LogP contribution is 2.28. The van der Waals surface area contributed by atoms with Gasteiger partial charge in [0.15, 0.2) is 18.1 Å². The number of rotatable bonds is 8. The minimum atomic E-state index is -0.725. The second-order valence-electron chi connectivity index (χ2n) is 6.35. The minimum absolute atomic E-state index is 0.0706. The van der Waals surface area contributed by atoms with E-state index in [0.717, 1.165) is 6.07 Å². The topological polar surface area (TPSA) is 86.2 Å². The van der Waals surface area contributed by atoms with Crippen molar-refractivity contribution < 1.29 is 28.2 Å². The summed E-state index contributed by atoms with van der Waals surface area (Å²) in [5.41, 5.74) is 2.99. The van der Waals surface area contributed by atoms with Gasteiger partial charge in [-0.15, -0.1) is 0 Å². The Balaban J connectivity index is 1.56. The van der Waals surface area contributed by atoms with Gasteiger partial charge in [-0.1, -0.05) is 17.7 Å². The summed E-state index contributed by atoms with van der Waals surface area (Å²) in [6.07, 6.45) is 1.39. The van der Waals surface area contributed by atoms with E-state index < -0.39 is 17.7 Å². The van der Waals surface area contributed by atoms with Crippen molar-refractivity contribution in [3.05, 3.63) is 88.7 Å². The second kappa shape index (κ2) is 10.9. The lowest BCUT2D eigenvalue weighted by Gasteiger charge is -2.10. The Morgan fingerprint density at radius 2 is 1.84 bits per heavy atom. The third-order valence-electron chi connectivity index (χ3n) is 4.04. The zero-order valence-corrected chi connectivity index (χ0v) is 17.6. The number of benzene rings is 3. The first-order chi connectivity index (χ1) is 15.4. The molecule has 3 rings (SSSR count). The van der Waals surface area contributed by atoms with Crippen LogP contribution in [-0.4, -0.2) is 31.8 Å². The van der Waals surface area contributed by atoms with E-state index in [-0.39, 0.29) is 23.7 Å². The summed E-state index contributed by atoms with van der Waals surface area (Å²) in [5.74, 6) is -0.809. The number of hydrogen-bond acceptors (Lipinski definition) is 6. The summed E-state index contributed by atoms with van der Waals surface area (Å²) in [6, 6.07) is 16.4. The number of carbonyl (C=O) groups excluding carboxylic acids is 2. The number of carbonyl (C=O) groups is 2. The smallest absolute Gasteiger partial charge is 0.343 e. The van der Waals surface area contributed by atoms with E-state index in [9.17, 15) is 14.0 Å². The molecular weight excluding hydrogens is 439 g/mol. The Morgan fingerprint density at radius 1 is 1.06 bits per heavy atom. The van der Waals surface area contributed by atoms with Crippen LogP contribution < -0.4 is 19.6 Å². The van der Waals surface area contributed by atoms with E-state index >= 15 is 0 Å². The first-order valence-electron chi connectivity index (χ1n) is 9.30. The molecule has 0 saturated carbocycles. The SMILES string of the molecule is COc1cc(/C=N/NC(=O)COc2ccc(Cl)cc2)ccc1OC(=O)c1cccc(F)c1. The van der Waals surface area contributed by atoms with Crippen molar-refractivity contribution in [2.24, 2.45) is 5.10 Å². The monoisotopic (exact) mass is 456 g/mol. The highest BCUT2D eigenvalue weighted by atomic mass is 35.5. The van der Waals surface area contributed by atoms with Crippen LogP contribution in [-0.2, 0) is 4.79 Å². The highest BCUT2D eigenvalue weighted by Gasteiger charge is 2.13. The van der Waals surface area contributed by atoms with E-state index in [4.69, 9.17) is 25.8 Å². The van der Waals surface area contributed by atoms with Crippen LogP contribution in [0.1, 0.15) is 15.9 Å². The molecule has 1 amide bonds. The molecule has 0 heterocycles. The molecule has 0 unspecified atom stereocenters. The number of amides is 1. The number of methoxy groups -OCH3 is 1. The third-order valence-corrected chi connectivity index (χ3v) is 4.29. The third kappa shape index (κ3) is 6.55. The number of nitrogens with one attached hydrogen (secondary N) is 1. The van der Waals surface area contributed by atoms with E-state index in [0.29, 0.717) is 16.3 Å². The standard InChI is InChI=1S/C23H18ClFN2O5/c1-30-21-11-15(5-10-20(21)32-23(29)16-3-2-4-18(25)12-16)13-26-27-22(28)14-31-19-8-6-17(24)7-9-19/h2-13H,14H2,1H3,(H,27,28)/b26-13+. The van der Waals surface area contributed by atoms with Crippen LogP contribution >= 0.6 is 11.6 Å². The van der Waals surface area contributed by atoms with Crippen molar-refractivity contribution in [3.63, 3.8) is 0 Å². The molecule has 0 aliphatic heterocycles. The first kappa shape index (κ1) is 22.8. The van der Waals surface area contributed by atoms with E-state index in [2.05, 4.69) is 10.5 Å². The Bertz CT molecular complexity index is 1140. The van der Waals surface area contributed by atoms with Crippen LogP contribution in [0.5, 0.6) is 17.2 Å². The molecule has 0 spiro atoms. The maximum absolute atomic E-state index is 13.3. The molecular formula is C23H18ClFN2O5. The number of hydrogen-bond donors (Lipinski definition) is 1. The summed E-state index contributed by atoms with van der Waals surface area (Å²) in [4.78, 5) is 24.1. The maximum Gasteiger partial charge on any atom is 0.343 e. The molecule has 3 aromatic rings. The van der Waals surface area contributed by atoms with Gasteiger partial charge in [0, 0.05) is 5.02 Å². The highest BCUT2D eigenvalue weighted by molar-refractivity contribution is 6.30. The normalized spacial score (nSPS) is 10.6. The summed E-state index contributed by atoms with van der Waals surface area (Å²) < 4.78 is 29.1. The minimum Gasteiger partial charge on any atom is -0.493 e. The van der Waals surface area contributed by atoms with Gasteiger partial charge in [0.2, 0.25) is 0 Å². The predicted octanol–water partition coefficient (Wildman–Crippen LogP) is 4.24. The average molecular weight is 457 g/mol. The predicted molar refractivity (Wildman–Crippen MR) is 117 cm³/mol. The lowest BCUT2D eigenvalue weighted by Crippen LogP contribution is -2.24. The molecule has 0 saturated heterocycles. The number of esters is 1. The van der Waals surface area contributed by atoms with Gasteiger partial charge in [-0.05, 0) is 66.2 Å². The fraction of sp³-hybridized carbons (Fsp3) is 0.0870. The molecule has 0 aromatic heterocycles. The lowest BCUT2D eigenvalue weighted by molar-refractivity contribution is -0.123. The molecule has 0 aliphatic rings. The van der Waals surface area contributed by atoms with Gasteiger partial charge in [0.25, 0.3) is 5.91 Å². The zero-order chi connectivity index (χ0) is 22.9. The fourth-order valence-electron chi connectivity index (χ4n) is 2.51. The quantitative estimate of drug-likeness (QED) is 0.237. The van der Waals surface area contributed by atoms with Gasteiger partial charge in [0.1, 0.15) is 11.6 Å². The van der Waals surface area contributed by atoms with Crippen LogP contribution in [0.2, 0.25) is 5.02 Å². The van der Waals surface area contributed by atoms with Crippen molar-refractivity contribution in [3.8, 4) is 17.2 Å². The van der Waals surface area contributed by atoms with Crippen LogP contribution in [0.15, 0.2) is 71.8 Å². The molecule has 1 N–H and O–H groups in total. The summed E-state index contributed by atoms with van der Waals surface area (Å²) in [6.45, 7) is -0.225. The van der Waals surface area contributed by atoms with E-state index in [1.54, 1.807) is 36.4 Å². The molecule has 32 heavy (non-hydrogen) atoms. The summed E-state index contributed by atoms with van der Waals surface area (Å²) >= 11 is 5.79. The molecule has 0 atom stereocenters. The van der Waals surface area contributed by atoms with Crippen LogP contribution in [0.3, 0.4) is 0 Å². The Labute approximate surface area is 188 Å². The number of hydrazone groups is 1. The molecule has 0 aliphatic carbocycles. The van der Waals surface area contributed by atoms with Crippen LogP contribution in [0.25, 0.3) is 0 Å². The van der Waals surface area contributed by atoms with Gasteiger partial charge >= 0.3 is 5.97 Å². The Hall–Kier alpha value is -3.91. The molecule has 0 radical (unpaired) electrons. The van der Waals surface area contributed by atoms with Crippen molar-refractivity contribution in [2.75, 3.05) is 13.7 Å². The largest absolute Gasteiger partial charge is 0.493 e. The van der Waals surface area contributed by atoms with Crippen molar-refractivity contribution in [1.29, 1.82) is 0 Å². The molecule has 0 bridgehead atoms. The zero-order valence-electron chi connectivity index (χ0n) is 16.9. The van der Waals surface area contributed by atoms with Crippen molar-refractivity contribution >= 4 is 29.7 Å². The second-order valence-corrected chi connectivity index (χ2v) is 6.78. The van der Waals surface area contributed by atoms with Crippen molar-refractivity contribution in [1.82, 2.24) is 5.43 Å². The molecule has 164 valence electrons. The fourth-order valence-corrected chi connectivity index (χ4v) is 2.64. The summed E-state index contributed by atoms with van der Waals surface area (Å²) in [5, 5.41) is 4.43. The van der Waals surface area contributed by atoms with E-state index in [1.807, 2.05) is 0 Å². The Morgan fingerprint density at radius 3 is 2.56 bits per heavy atom. The number of halogens is 2. The first-order valence-corrected chi connectivity index (χ1v) is 9.68. The van der Waals surface area contributed by atoms with E-state index in [1.165, 1.54) is 37.6 Å². The lowest BCUT2D eigenvalue weighted by atomic mass is 10.2. The summed E-state index contributed by atoms with van der Waals surface area (Å²) in [7, 11) is 1.41. The van der Waals surface area contributed by atoms with Crippen LogP contribution in [0.4, 0.5) is 4.39 Å². The molecule has 3 aromatic carbocycles. The van der Waals surface area contributed by atoms with Gasteiger partial charge in [0.05, 0.1) is 18.9 Å². The Kier molecular flexibility index (Phi) is 7.77. The molecule has 0 fully saturated rings. The average Bonchev–Trinajstić information content (AvgIpc) is 2.79. The number of ether oxygens (including phenoxy) is 3. The van der Waals surface area contributed by atoms with Gasteiger partial charge in [-0.3, -0.25) is 4.79 Å². The van der Waals surface area contributed by atoms with Crippen molar-refractivity contribution in [2.45, 2.75) is 0 Å².